The van der Waals surface area contributed by atoms with Crippen molar-refractivity contribution in [2.75, 3.05) is 0 Å². The van der Waals surface area contributed by atoms with Crippen LogP contribution in [0.1, 0.15) is 5.56 Å². The predicted molar refractivity (Wildman–Crippen MR) is 79.3 cm³/mol. The Morgan fingerprint density at radius 2 is 1.83 bits per heavy atom. The number of aromatic amines is 1. The average molecular weight is 336 g/mol. The zero-order valence-electron chi connectivity index (χ0n) is 11.3. The van der Waals surface area contributed by atoms with Gasteiger partial charge in [0.2, 0.25) is 0 Å². The average Bonchev–Trinajstić information content (AvgIpc) is 2.49. The molecule has 1 aromatic heterocycles. The molecule has 8 heteroatoms. The van der Waals surface area contributed by atoms with Crippen molar-refractivity contribution in [3.05, 3.63) is 62.8 Å². The van der Waals surface area contributed by atoms with Crippen LogP contribution in [0.4, 0.5) is 13.2 Å². The molecular weight excluding hydrogens is 329 g/mol. The summed E-state index contributed by atoms with van der Waals surface area (Å²) in [6, 6.07) is 8.17. The van der Waals surface area contributed by atoms with Gasteiger partial charge in [-0.3, -0.25) is 14.3 Å². The van der Waals surface area contributed by atoms with Gasteiger partial charge in [0, 0.05) is 9.79 Å². The standard InChI is InChI=1S/C15H7F3N2O2S/c16-15(17,18)7-4-5-10-9(6-7)20-12-8(13(21)19-14(20)22)2-1-3-11(12)23-10/h1-6H,(H,19,21,22). The Kier molecular flexibility index (Phi) is 2.77. The van der Waals surface area contributed by atoms with Crippen LogP contribution < -0.4 is 11.2 Å². The summed E-state index contributed by atoms with van der Waals surface area (Å²) in [7, 11) is 0. The number of nitrogens with zero attached hydrogens (tertiary/aromatic N) is 1. The van der Waals surface area contributed by atoms with Crippen LogP contribution in [0.25, 0.3) is 16.6 Å². The highest BCUT2D eigenvalue weighted by Crippen LogP contribution is 2.42. The number of benzene rings is 2. The molecule has 0 aliphatic carbocycles. The van der Waals surface area contributed by atoms with Crippen molar-refractivity contribution in [2.45, 2.75) is 16.0 Å². The first-order valence-corrected chi connectivity index (χ1v) is 7.35. The van der Waals surface area contributed by atoms with Gasteiger partial charge in [-0.05, 0) is 30.3 Å². The SMILES string of the molecule is O=c1[nH]c(=O)n2c3c(cccc13)Sc1ccc(C(F)(F)F)cc1-2. The van der Waals surface area contributed by atoms with E-state index in [0.29, 0.717) is 15.3 Å². The lowest BCUT2D eigenvalue weighted by molar-refractivity contribution is -0.137. The van der Waals surface area contributed by atoms with E-state index in [1.54, 1.807) is 12.1 Å². The Bertz CT molecular complexity index is 1080. The maximum atomic E-state index is 13.0. The first-order valence-electron chi connectivity index (χ1n) is 6.54. The molecule has 0 unspecified atom stereocenters. The van der Waals surface area contributed by atoms with Gasteiger partial charge in [-0.15, -0.1) is 0 Å². The van der Waals surface area contributed by atoms with Crippen LogP contribution in [0.3, 0.4) is 0 Å². The second-order valence-corrected chi connectivity index (χ2v) is 6.11. The largest absolute Gasteiger partial charge is 0.416 e. The number of hydrogen-bond donors (Lipinski definition) is 1. The van der Waals surface area contributed by atoms with E-state index in [9.17, 15) is 22.8 Å². The molecule has 0 saturated heterocycles. The summed E-state index contributed by atoms with van der Waals surface area (Å²) >= 11 is 1.23. The summed E-state index contributed by atoms with van der Waals surface area (Å²) in [4.78, 5) is 27.5. The number of aromatic nitrogens is 2. The molecule has 1 N–H and O–H groups in total. The van der Waals surface area contributed by atoms with Gasteiger partial charge >= 0.3 is 11.9 Å². The quantitative estimate of drug-likeness (QED) is 0.537. The van der Waals surface area contributed by atoms with Crippen molar-refractivity contribution in [1.29, 1.82) is 0 Å². The molecule has 0 amide bonds. The summed E-state index contributed by atoms with van der Waals surface area (Å²) in [5, 5.41) is 0.262. The first-order chi connectivity index (χ1) is 10.9. The van der Waals surface area contributed by atoms with E-state index in [0.717, 1.165) is 16.7 Å². The molecule has 2 aromatic carbocycles. The lowest BCUT2D eigenvalue weighted by atomic mass is 10.1. The normalized spacial score (nSPS) is 13.2. The number of fused-ring (bicyclic) bond motifs is 2. The molecule has 23 heavy (non-hydrogen) atoms. The number of rotatable bonds is 0. The number of hydrogen-bond acceptors (Lipinski definition) is 3. The van der Waals surface area contributed by atoms with E-state index in [-0.39, 0.29) is 11.1 Å². The Hall–Kier alpha value is -2.48. The third kappa shape index (κ3) is 2.02. The fourth-order valence-electron chi connectivity index (χ4n) is 2.64. The smallest absolute Gasteiger partial charge is 0.273 e. The van der Waals surface area contributed by atoms with Gasteiger partial charge < -0.3 is 0 Å². The Balaban J connectivity index is 2.17. The molecule has 0 fully saturated rings. The van der Waals surface area contributed by atoms with Crippen molar-refractivity contribution in [3.8, 4) is 5.69 Å². The highest BCUT2D eigenvalue weighted by atomic mass is 32.2. The Labute approximate surface area is 130 Å². The van der Waals surface area contributed by atoms with Crippen molar-refractivity contribution < 1.29 is 13.2 Å². The van der Waals surface area contributed by atoms with Crippen LogP contribution in [-0.4, -0.2) is 9.55 Å². The summed E-state index contributed by atoms with van der Waals surface area (Å²) in [6.07, 6.45) is -4.51. The van der Waals surface area contributed by atoms with Gasteiger partial charge in [0.05, 0.1) is 22.2 Å². The van der Waals surface area contributed by atoms with E-state index in [1.165, 1.54) is 23.9 Å². The topological polar surface area (TPSA) is 54.9 Å². The van der Waals surface area contributed by atoms with E-state index in [4.69, 9.17) is 0 Å². The maximum absolute atomic E-state index is 13.0. The van der Waals surface area contributed by atoms with Crippen LogP contribution in [0.5, 0.6) is 0 Å². The van der Waals surface area contributed by atoms with E-state index in [2.05, 4.69) is 4.98 Å². The highest BCUT2D eigenvalue weighted by molar-refractivity contribution is 7.99. The number of para-hydroxylation sites is 1. The number of H-pyrrole nitrogens is 1. The van der Waals surface area contributed by atoms with Crippen LogP contribution in [-0.2, 0) is 6.18 Å². The summed E-state index contributed by atoms with van der Waals surface area (Å²) in [5.74, 6) is 0. The minimum atomic E-state index is -4.51. The summed E-state index contributed by atoms with van der Waals surface area (Å²) < 4.78 is 40.0. The molecule has 1 aliphatic rings. The number of alkyl halides is 3. The molecule has 0 atom stereocenters. The third-order valence-corrected chi connectivity index (χ3v) is 4.75. The van der Waals surface area contributed by atoms with Gasteiger partial charge in [-0.2, -0.15) is 13.2 Å². The fourth-order valence-corrected chi connectivity index (χ4v) is 3.72. The molecule has 4 nitrogen and oxygen atoms in total. The molecule has 0 radical (unpaired) electrons. The number of nitrogens with one attached hydrogen (secondary N) is 1. The summed E-state index contributed by atoms with van der Waals surface area (Å²) in [6.45, 7) is 0. The van der Waals surface area contributed by atoms with Gasteiger partial charge in [-0.25, -0.2) is 4.79 Å². The second kappa shape index (κ2) is 4.51. The molecule has 4 rings (SSSR count). The van der Waals surface area contributed by atoms with E-state index < -0.39 is 23.0 Å². The third-order valence-electron chi connectivity index (χ3n) is 3.64. The molecule has 3 aromatic rings. The minimum absolute atomic E-state index is 0.120. The van der Waals surface area contributed by atoms with Crippen LogP contribution >= 0.6 is 11.8 Å². The molecule has 2 heterocycles. The molecule has 0 saturated carbocycles. The Morgan fingerprint density at radius 3 is 2.57 bits per heavy atom. The van der Waals surface area contributed by atoms with Gasteiger partial charge in [-0.1, -0.05) is 17.8 Å². The Morgan fingerprint density at radius 1 is 1.04 bits per heavy atom. The van der Waals surface area contributed by atoms with E-state index >= 15 is 0 Å². The molecule has 0 spiro atoms. The van der Waals surface area contributed by atoms with Crippen LogP contribution in [0.15, 0.2) is 55.8 Å². The van der Waals surface area contributed by atoms with Crippen molar-refractivity contribution >= 4 is 22.7 Å². The molecule has 116 valence electrons. The van der Waals surface area contributed by atoms with Gasteiger partial charge in [0.25, 0.3) is 5.56 Å². The van der Waals surface area contributed by atoms with Gasteiger partial charge in [0.15, 0.2) is 0 Å². The van der Waals surface area contributed by atoms with Crippen molar-refractivity contribution in [1.82, 2.24) is 9.55 Å². The zero-order chi connectivity index (χ0) is 16.4. The minimum Gasteiger partial charge on any atom is -0.273 e. The van der Waals surface area contributed by atoms with Gasteiger partial charge in [0.1, 0.15) is 0 Å². The van der Waals surface area contributed by atoms with Crippen LogP contribution in [0, 0.1) is 0 Å². The lowest BCUT2D eigenvalue weighted by Gasteiger charge is -2.22. The maximum Gasteiger partial charge on any atom is 0.416 e. The number of halogens is 3. The monoisotopic (exact) mass is 336 g/mol. The van der Waals surface area contributed by atoms with Crippen LogP contribution in [0.2, 0.25) is 0 Å². The highest BCUT2D eigenvalue weighted by Gasteiger charge is 2.32. The zero-order valence-corrected chi connectivity index (χ0v) is 12.1. The fraction of sp³-hybridized carbons (Fsp3) is 0.0667. The molecule has 0 bridgehead atoms. The first kappa shape index (κ1) is 14.1. The summed E-state index contributed by atoms with van der Waals surface area (Å²) in [5.41, 5.74) is -1.70. The predicted octanol–water partition coefficient (Wildman–Crippen LogP) is 3.16. The lowest BCUT2D eigenvalue weighted by Crippen LogP contribution is -2.31. The van der Waals surface area contributed by atoms with E-state index in [1.807, 2.05) is 0 Å². The van der Waals surface area contributed by atoms with Crippen molar-refractivity contribution in [2.24, 2.45) is 0 Å². The molecule has 1 aliphatic heterocycles. The second-order valence-electron chi connectivity index (χ2n) is 5.03. The molecular formula is C15H7F3N2O2S. The van der Waals surface area contributed by atoms with Crippen molar-refractivity contribution in [3.63, 3.8) is 0 Å².